The summed E-state index contributed by atoms with van der Waals surface area (Å²) in [5.41, 5.74) is 3.63. The predicted molar refractivity (Wildman–Crippen MR) is 110 cm³/mol. The van der Waals surface area contributed by atoms with Crippen molar-refractivity contribution in [2.24, 2.45) is 0 Å². The number of fused-ring (bicyclic) bond motifs is 1. The maximum Gasteiger partial charge on any atom is 0.416 e. The molecule has 0 bridgehead atoms. The van der Waals surface area contributed by atoms with Crippen molar-refractivity contribution in [3.05, 3.63) is 95.1 Å². The van der Waals surface area contributed by atoms with E-state index in [0.29, 0.717) is 12.1 Å². The van der Waals surface area contributed by atoms with Crippen molar-refractivity contribution >= 4 is 17.7 Å². The van der Waals surface area contributed by atoms with Gasteiger partial charge < -0.3 is 10.4 Å². The topological polar surface area (TPSA) is 49.3 Å². The Bertz CT molecular complexity index is 1100. The zero-order chi connectivity index (χ0) is 21.3. The molecule has 3 aromatic carbocycles. The Hall–Kier alpha value is -3.38. The van der Waals surface area contributed by atoms with Crippen LogP contribution in [0.3, 0.4) is 0 Å². The molecule has 0 fully saturated rings. The molecule has 30 heavy (non-hydrogen) atoms. The van der Waals surface area contributed by atoms with Crippen LogP contribution in [-0.2, 0) is 6.18 Å². The molecule has 1 unspecified atom stereocenters. The third kappa shape index (κ3) is 4.00. The second-order valence-electron chi connectivity index (χ2n) is 7.07. The van der Waals surface area contributed by atoms with Gasteiger partial charge in [-0.25, -0.2) is 0 Å². The lowest BCUT2D eigenvalue weighted by Gasteiger charge is -2.20. The highest BCUT2D eigenvalue weighted by Gasteiger charge is 2.30. The first-order valence-corrected chi connectivity index (χ1v) is 9.39. The van der Waals surface area contributed by atoms with Crippen LogP contribution in [0.25, 0.3) is 17.2 Å². The first kappa shape index (κ1) is 19.9. The maximum atomic E-state index is 12.7. The van der Waals surface area contributed by atoms with Gasteiger partial charge in [-0.2, -0.15) is 13.2 Å². The van der Waals surface area contributed by atoms with E-state index in [2.05, 4.69) is 5.32 Å². The lowest BCUT2D eigenvalue weighted by atomic mass is 9.88. The number of benzene rings is 3. The van der Waals surface area contributed by atoms with Crippen LogP contribution in [0.4, 0.5) is 18.9 Å². The number of alkyl halides is 3. The number of aliphatic hydroxyl groups excluding tert-OH is 1. The van der Waals surface area contributed by atoms with Crippen molar-refractivity contribution in [3.8, 4) is 11.1 Å². The first-order chi connectivity index (χ1) is 14.3. The first-order valence-electron chi connectivity index (χ1n) is 9.39. The van der Waals surface area contributed by atoms with Crippen molar-refractivity contribution in [2.45, 2.75) is 18.7 Å². The Kier molecular flexibility index (Phi) is 5.18. The van der Waals surface area contributed by atoms with Crippen LogP contribution in [0.1, 0.15) is 39.6 Å². The SMILES string of the molecule is O=C(Nc1ccc(-c2cccc3c2C=CCC3O)cc1)c1ccc(C(F)(F)F)cc1. The minimum atomic E-state index is -4.44. The molecule has 1 amide bonds. The van der Waals surface area contributed by atoms with Gasteiger partial charge in [-0.15, -0.1) is 0 Å². The number of carbonyl (C=O) groups is 1. The van der Waals surface area contributed by atoms with Crippen LogP contribution in [0, 0.1) is 0 Å². The summed E-state index contributed by atoms with van der Waals surface area (Å²) >= 11 is 0. The van der Waals surface area contributed by atoms with Crippen molar-refractivity contribution in [2.75, 3.05) is 5.32 Å². The Labute approximate surface area is 171 Å². The number of carbonyl (C=O) groups excluding carboxylic acids is 1. The molecule has 3 aromatic rings. The fourth-order valence-corrected chi connectivity index (χ4v) is 3.50. The quantitative estimate of drug-likeness (QED) is 0.551. The van der Waals surface area contributed by atoms with E-state index in [4.69, 9.17) is 0 Å². The lowest BCUT2D eigenvalue weighted by Crippen LogP contribution is -2.12. The standard InChI is InChI=1S/C24H18F3NO2/c25-24(26,27)17-11-7-16(8-12-17)23(30)28-18-13-9-15(10-14-18)19-3-1-5-21-20(19)4-2-6-22(21)29/h1-5,7-14,22,29H,6H2,(H,28,30). The summed E-state index contributed by atoms with van der Waals surface area (Å²) in [6.07, 6.45) is -0.433. The smallest absolute Gasteiger partial charge is 0.388 e. The summed E-state index contributed by atoms with van der Waals surface area (Å²) in [5, 5.41) is 12.9. The van der Waals surface area contributed by atoms with Gasteiger partial charge in [-0.1, -0.05) is 42.5 Å². The van der Waals surface area contributed by atoms with E-state index in [0.717, 1.165) is 46.5 Å². The molecule has 1 aliphatic carbocycles. The van der Waals surface area contributed by atoms with Crippen LogP contribution >= 0.6 is 0 Å². The molecular formula is C24H18F3NO2. The minimum Gasteiger partial charge on any atom is -0.388 e. The number of aliphatic hydroxyl groups is 1. The zero-order valence-corrected chi connectivity index (χ0v) is 15.8. The summed E-state index contributed by atoms with van der Waals surface area (Å²) in [6.45, 7) is 0. The molecule has 0 saturated carbocycles. The van der Waals surface area contributed by atoms with E-state index >= 15 is 0 Å². The molecule has 0 heterocycles. The summed E-state index contributed by atoms with van der Waals surface area (Å²) in [6, 6.07) is 17.0. The van der Waals surface area contributed by atoms with Gasteiger partial charge in [0.15, 0.2) is 0 Å². The van der Waals surface area contributed by atoms with E-state index in [-0.39, 0.29) is 5.56 Å². The van der Waals surface area contributed by atoms with Gasteiger partial charge >= 0.3 is 6.18 Å². The highest BCUT2D eigenvalue weighted by Crippen LogP contribution is 2.35. The van der Waals surface area contributed by atoms with E-state index in [9.17, 15) is 23.1 Å². The average molecular weight is 409 g/mol. The molecule has 0 aromatic heterocycles. The molecule has 2 N–H and O–H groups in total. The van der Waals surface area contributed by atoms with Crippen LogP contribution < -0.4 is 5.32 Å². The fraction of sp³-hybridized carbons (Fsp3) is 0.125. The monoisotopic (exact) mass is 409 g/mol. The molecular weight excluding hydrogens is 391 g/mol. The van der Waals surface area contributed by atoms with Gasteiger partial charge in [0.25, 0.3) is 5.91 Å². The summed E-state index contributed by atoms with van der Waals surface area (Å²) in [5.74, 6) is -0.486. The van der Waals surface area contributed by atoms with Crippen molar-refractivity contribution < 1.29 is 23.1 Å². The van der Waals surface area contributed by atoms with E-state index in [1.807, 2.05) is 42.5 Å². The molecule has 6 heteroatoms. The van der Waals surface area contributed by atoms with Crippen molar-refractivity contribution in [1.29, 1.82) is 0 Å². The number of hydrogen-bond acceptors (Lipinski definition) is 2. The van der Waals surface area contributed by atoms with Crippen LogP contribution in [0.15, 0.2) is 72.8 Å². The Morgan fingerprint density at radius 2 is 1.67 bits per heavy atom. The second-order valence-corrected chi connectivity index (χ2v) is 7.07. The minimum absolute atomic E-state index is 0.142. The third-order valence-corrected chi connectivity index (χ3v) is 5.07. The zero-order valence-electron chi connectivity index (χ0n) is 15.8. The van der Waals surface area contributed by atoms with E-state index in [1.54, 1.807) is 12.1 Å². The predicted octanol–water partition coefficient (Wildman–Crippen LogP) is 6.08. The molecule has 1 atom stereocenters. The number of anilines is 1. The van der Waals surface area contributed by atoms with Gasteiger partial charge in [0.2, 0.25) is 0 Å². The highest BCUT2D eigenvalue weighted by molar-refractivity contribution is 6.04. The summed E-state index contributed by atoms with van der Waals surface area (Å²) < 4.78 is 38.0. The largest absolute Gasteiger partial charge is 0.416 e. The molecule has 0 aliphatic heterocycles. The molecule has 1 aliphatic rings. The Morgan fingerprint density at radius 1 is 0.967 bits per heavy atom. The van der Waals surface area contributed by atoms with E-state index in [1.165, 1.54) is 0 Å². The van der Waals surface area contributed by atoms with Gasteiger partial charge in [0.05, 0.1) is 11.7 Å². The Balaban J connectivity index is 1.52. The van der Waals surface area contributed by atoms with Gasteiger partial charge in [-0.3, -0.25) is 4.79 Å². The van der Waals surface area contributed by atoms with Gasteiger partial charge in [0, 0.05) is 11.3 Å². The molecule has 152 valence electrons. The van der Waals surface area contributed by atoms with Crippen LogP contribution in [0.2, 0.25) is 0 Å². The van der Waals surface area contributed by atoms with Crippen molar-refractivity contribution in [1.82, 2.24) is 0 Å². The summed E-state index contributed by atoms with van der Waals surface area (Å²) in [7, 11) is 0. The second kappa shape index (κ2) is 7.80. The van der Waals surface area contributed by atoms with Crippen LogP contribution in [0.5, 0.6) is 0 Å². The normalized spacial score (nSPS) is 15.5. The van der Waals surface area contributed by atoms with Crippen LogP contribution in [-0.4, -0.2) is 11.0 Å². The molecule has 0 spiro atoms. The number of nitrogens with one attached hydrogen (secondary N) is 1. The number of halogens is 3. The van der Waals surface area contributed by atoms with E-state index < -0.39 is 23.8 Å². The Morgan fingerprint density at radius 3 is 2.33 bits per heavy atom. The lowest BCUT2D eigenvalue weighted by molar-refractivity contribution is -0.137. The number of rotatable bonds is 3. The van der Waals surface area contributed by atoms with Crippen molar-refractivity contribution in [3.63, 3.8) is 0 Å². The molecule has 0 saturated heterocycles. The summed E-state index contributed by atoms with van der Waals surface area (Å²) in [4.78, 5) is 12.3. The third-order valence-electron chi connectivity index (χ3n) is 5.07. The van der Waals surface area contributed by atoms with Gasteiger partial charge in [-0.05, 0) is 65.1 Å². The van der Waals surface area contributed by atoms with Gasteiger partial charge in [0.1, 0.15) is 0 Å². The average Bonchev–Trinajstić information content (AvgIpc) is 2.74. The molecule has 3 nitrogen and oxygen atoms in total. The molecule has 4 rings (SSSR count). The fourth-order valence-electron chi connectivity index (χ4n) is 3.50. The highest BCUT2D eigenvalue weighted by atomic mass is 19.4. The number of hydrogen-bond donors (Lipinski definition) is 2. The number of amides is 1. The maximum absolute atomic E-state index is 12.7. The molecule has 0 radical (unpaired) electrons.